The monoisotopic (exact) mass is 312 g/mol. The SMILES string of the molecule is CCC[C@H](C)NC(=O)c1cccc(N(C)S(C)(=O)=O)c1C. The summed E-state index contributed by atoms with van der Waals surface area (Å²) < 4.78 is 24.5. The van der Waals surface area contributed by atoms with Gasteiger partial charge in [-0.05, 0) is 38.0 Å². The van der Waals surface area contributed by atoms with Crippen LogP contribution in [0, 0.1) is 6.92 Å². The molecule has 1 amide bonds. The first-order valence-corrected chi connectivity index (χ1v) is 8.87. The van der Waals surface area contributed by atoms with E-state index in [1.54, 1.807) is 25.1 Å². The minimum absolute atomic E-state index is 0.0955. The summed E-state index contributed by atoms with van der Waals surface area (Å²) in [5, 5.41) is 2.94. The van der Waals surface area contributed by atoms with Crippen molar-refractivity contribution in [1.82, 2.24) is 5.32 Å². The first kappa shape index (κ1) is 17.5. The second-order valence-electron chi connectivity index (χ2n) is 5.34. The topological polar surface area (TPSA) is 66.5 Å². The predicted molar refractivity (Wildman–Crippen MR) is 86.3 cm³/mol. The first-order chi connectivity index (χ1) is 9.68. The highest BCUT2D eigenvalue weighted by Gasteiger charge is 2.19. The zero-order valence-corrected chi connectivity index (χ0v) is 14.1. The van der Waals surface area contributed by atoms with E-state index in [4.69, 9.17) is 0 Å². The molecule has 5 nitrogen and oxygen atoms in total. The van der Waals surface area contributed by atoms with Gasteiger partial charge in [0.1, 0.15) is 0 Å². The lowest BCUT2D eigenvalue weighted by Crippen LogP contribution is -2.33. The van der Waals surface area contributed by atoms with Gasteiger partial charge in [0.15, 0.2) is 0 Å². The summed E-state index contributed by atoms with van der Waals surface area (Å²) in [7, 11) is -1.87. The summed E-state index contributed by atoms with van der Waals surface area (Å²) in [6.07, 6.45) is 3.05. The van der Waals surface area contributed by atoms with Crippen molar-refractivity contribution in [1.29, 1.82) is 0 Å². The summed E-state index contributed by atoms with van der Waals surface area (Å²) >= 11 is 0. The smallest absolute Gasteiger partial charge is 0.251 e. The van der Waals surface area contributed by atoms with Crippen LogP contribution >= 0.6 is 0 Å². The second-order valence-corrected chi connectivity index (χ2v) is 7.36. The summed E-state index contributed by atoms with van der Waals surface area (Å²) in [6.45, 7) is 5.79. The molecular weight excluding hydrogens is 288 g/mol. The number of nitrogens with one attached hydrogen (secondary N) is 1. The summed E-state index contributed by atoms with van der Waals surface area (Å²) in [4.78, 5) is 12.3. The molecular formula is C15H24N2O3S. The van der Waals surface area contributed by atoms with Gasteiger partial charge in [-0.15, -0.1) is 0 Å². The van der Waals surface area contributed by atoms with Crippen LogP contribution in [0.25, 0.3) is 0 Å². The maximum atomic E-state index is 12.3. The molecule has 0 aliphatic rings. The van der Waals surface area contributed by atoms with Crippen molar-refractivity contribution < 1.29 is 13.2 Å². The Labute approximate surface area is 127 Å². The zero-order valence-electron chi connectivity index (χ0n) is 13.3. The summed E-state index contributed by atoms with van der Waals surface area (Å²) in [5.41, 5.74) is 1.69. The number of carbonyl (C=O) groups is 1. The summed E-state index contributed by atoms with van der Waals surface area (Å²) in [5.74, 6) is -0.169. The molecule has 0 saturated heterocycles. The molecule has 1 N–H and O–H groups in total. The molecule has 0 fully saturated rings. The minimum Gasteiger partial charge on any atom is -0.350 e. The molecule has 1 atom stereocenters. The number of amides is 1. The van der Waals surface area contributed by atoms with Crippen LogP contribution in [0.15, 0.2) is 18.2 Å². The van der Waals surface area contributed by atoms with Gasteiger partial charge in [-0.25, -0.2) is 8.42 Å². The molecule has 0 heterocycles. The first-order valence-electron chi connectivity index (χ1n) is 7.02. The van der Waals surface area contributed by atoms with E-state index in [1.807, 2.05) is 6.92 Å². The van der Waals surface area contributed by atoms with E-state index >= 15 is 0 Å². The van der Waals surface area contributed by atoms with Gasteiger partial charge in [0, 0.05) is 18.7 Å². The van der Waals surface area contributed by atoms with Crippen LogP contribution in [-0.2, 0) is 10.0 Å². The number of rotatable bonds is 6. The Kier molecular flexibility index (Phi) is 5.78. The van der Waals surface area contributed by atoms with Crippen LogP contribution < -0.4 is 9.62 Å². The number of carbonyl (C=O) groups excluding carboxylic acids is 1. The Morgan fingerprint density at radius 3 is 2.52 bits per heavy atom. The number of hydrogen-bond acceptors (Lipinski definition) is 3. The van der Waals surface area contributed by atoms with Gasteiger partial charge in [-0.3, -0.25) is 9.10 Å². The van der Waals surface area contributed by atoms with Crippen molar-refractivity contribution in [3.8, 4) is 0 Å². The highest BCUT2D eigenvalue weighted by molar-refractivity contribution is 7.92. The molecule has 0 saturated carbocycles. The number of hydrogen-bond donors (Lipinski definition) is 1. The van der Waals surface area contributed by atoms with Crippen molar-refractivity contribution in [2.45, 2.75) is 39.7 Å². The van der Waals surface area contributed by atoms with E-state index in [-0.39, 0.29) is 11.9 Å². The molecule has 0 aromatic heterocycles. The van der Waals surface area contributed by atoms with E-state index in [9.17, 15) is 13.2 Å². The fraction of sp³-hybridized carbons (Fsp3) is 0.533. The van der Waals surface area contributed by atoms with Crippen molar-refractivity contribution in [3.63, 3.8) is 0 Å². The van der Waals surface area contributed by atoms with Crippen LogP contribution in [-0.4, -0.2) is 33.7 Å². The molecule has 0 aliphatic heterocycles. The molecule has 0 unspecified atom stereocenters. The van der Waals surface area contributed by atoms with E-state index < -0.39 is 10.0 Å². The lowest BCUT2D eigenvalue weighted by molar-refractivity contribution is 0.0937. The van der Waals surface area contributed by atoms with Crippen LogP contribution in [0.5, 0.6) is 0 Å². The molecule has 0 aliphatic carbocycles. The maximum absolute atomic E-state index is 12.3. The number of nitrogens with zero attached hydrogens (tertiary/aromatic N) is 1. The van der Waals surface area contributed by atoms with Crippen LogP contribution in [0.1, 0.15) is 42.6 Å². The third-order valence-electron chi connectivity index (χ3n) is 3.49. The quantitative estimate of drug-likeness (QED) is 0.876. The fourth-order valence-electron chi connectivity index (χ4n) is 2.20. The Hall–Kier alpha value is -1.56. The Bertz CT molecular complexity index is 611. The molecule has 1 aromatic rings. The third-order valence-corrected chi connectivity index (χ3v) is 4.68. The predicted octanol–water partition coefficient (Wildman–Crippen LogP) is 2.31. The van der Waals surface area contributed by atoms with E-state index in [1.165, 1.54) is 11.4 Å². The maximum Gasteiger partial charge on any atom is 0.251 e. The molecule has 1 aromatic carbocycles. The highest BCUT2D eigenvalue weighted by atomic mass is 32.2. The number of anilines is 1. The highest BCUT2D eigenvalue weighted by Crippen LogP contribution is 2.24. The van der Waals surface area contributed by atoms with Crippen LogP contribution in [0.3, 0.4) is 0 Å². The van der Waals surface area contributed by atoms with Crippen LogP contribution in [0.4, 0.5) is 5.69 Å². The van der Waals surface area contributed by atoms with Gasteiger partial charge < -0.3 is 5.32 Å². The molecule has 0 spiro atoms. The van der Waals surface area contributed by atoms with Crippen molar-refractivity contribution >= 4 is 21.6 Å². The number of sulfonamides is 1. The lowest BCUT2D eigenvalue weighted by atomic mass is 10.1. The minimum atomic E-state index is -3.35. The van der Waals surface area contributed by atoms with Gasteiger partial charge in [-0.1, -0.05) is 19.4 Å². The number of benzene rings is 1. The Morgan fingerprint density at radius 1 is 1.38 bits per heavy atom. The second kappa shape index (κ2) is 6.93. The van der Waals surface area contributed by atoms with E-state index in [0.29, 0.717) is 16.8 Å². The fourth-order valence-corrected chi connectivity index (χ4v) is 2.75. The average Bonchev–Trinajstić information content (AvgIpc) is 2.37. The molecule has 1 rings (SSSR count). The lowest BCUT2D eigenvalue weighted by Gasteiger charge is -2.21. The van der Waals surface area contributed by atoms with E-state index in [0.717, 1.165) is 19.1 Å². The summed E-state index contributed by atoms with van der Waals surface area (Å²) in [6, 6.07) is 5.20. The van der Waals surface area contributed by atoms with Gasteiger partial charge in [0.25, 0.3) is 5.91 Å². The molecule has 0 radical (unpaired) electrons. The Balaban J connectivity index is 3.09. The van der Waals surface area contributed by atoms with Gasteiger partial charge in [0.2, 0.25) is 10.0 Å². The van der Waals surface area contributed by atoms with E-state index in [2.05, 4.69) is 12.2 Å². The van der Waals surface area contributed by atoms with Gasteiger partial charge >= 0.3 is 0 Å². The van der Waals surface area contributed by atoms with Gasteiger partial charge in [0.05, 0.1) is 11.9 Å². The largest absolute Gasteiger partial charge is 0.350 e. The zero-order chi connectivity index (χ0) is 16.2. The van der Waals surface area contributed by atoms with Crippen LogP contribution in [0.2, 0.25) is 0 Å². The Morgan fingerprint density at radius 2 is 2.00 bits per heavy atom. The van der Waals surface area contributed by atoms with Crippen molar-refractivity contribution in [2.75, 3.05) is 17.6 Å². The van der Waals surface area contributed by atoms with Crippen molar-refractivity contribution in [2.24, 2.45) is 0 Å². The normalized spacial score (nSPS) is 12.8. The third kappa shape index (κ3) is 4.46. The average molecular weight is 312 g/mol. The van der Waals surface area contributed by atoms with Crippen molar-refractivity contribution in [3.05, 3.63) is 29.3 Å². The molecule has 0 bridgehead atoms. The molecule has 21 heavy (non-hydrogen) atoms. The molecule has 6 heteroatoms. The van der Waals surface area contributed by atoms with Gasteiger partial charge in [-0.2, -0.15) is 0 Å². The molecule has 118 valence electrons. The standard InChI is InChI=1S/C15H24N2O3S/c1-6-8-11(2)16-15(18)13-9-7-10-14(12(13)3)17(4)21(5,19)20/h7,9-11H,6,8H2,1-5H3,(H,16,18)/t11-/m0/s1.